The Hall–Kier alpha value is -1.87. The van der Waals surface area contributed by atoms with E-state index >= 15 is 0 Å². The normalized spacial score (nSPS) is 29.7. The molecule has 1 heterocycles. The molecular formula is C24H25BrO2. The number of carbonyl (C=O) groups excluding carboxylic acids is 1. The summed E-state index contributed by atoms with van der Waals surface area (Å²) in [5.41, 5.74) is 4.19. The highest BCUT2D eigenvalue weighted by Crippen LogP contribution is 2.31. The zero-order valence-electron chi connectivity index (χ0n) is 15.5. The molecule has 4 rings (SSSR count). The molecule has 1 aliphatic heterocycles. The Labute approximate surface area is 169 Å². The van der Waals surface area contributed by atoms with E-state index in [1.165, 1.54) is 44.1 Å². The van der Waals surface area contributed by atoms with Crippen LogP contribution in [0.3, 0.4) is 0 Å². The summed E-state index contributed by atoms with van der Waals surface area (Å²) < 4.78 is 6.71. The fraction of sp³-hybridized carbons (Fsp3) is 0.375. The van der Waals surface area contributed by atoms with Crippen LogP contribution in [0.1, 0.15) is 54.4 Å². The lowest BCUT2D eigenvalue weighted by Crippen LogP contribution is -2.28. The van der Waals surface area contributed by atoms with E-state index in [0.717, 1.165) is 15.6 Å². The van der Waals surface area contributed by atoms with Crippen LogP contribution in [0.2, 0.25) is 0 Å². The predicted octanol–water partition coefficient (Wildman–Crippen LogP) is 6.48. The van der Waals surface area contributed by atoms with Crippen LogP contribution in [0.25, 0.3) is 0 Å². The van der Waals surface area contributed by atoms with Crippen molar-refractivity contribution in [3.05, 3.63) is 81.4 Å². The Morgan fingerprint density at radius 1 is 0.926 bits per heavy atom. The third kappa shape index (κ3) is 4.35. The third-order valence-electron chi connectivity index (χ3n) is 5.79. The van der Waals surface area contributed by atoms with E-state index in [1.807, 2.05) is 18.2 Å². The number of halogens is 1. The summed E-state index contributed by atoms with van der Waals surface area (Å²) >= 11 is 3.50. The lowest BCUT2D eigenvalue weighted by atomic mass is 9.89. The molecule has 2 aliphatic carbocycles. The van der Waals surface area contributed by atoms with E-state index in [4.69, 9.17) is 4.74 Å². The second-order valence-corrected chi connectivity index (χ2v) is 8.56. The zero-order valence-corrected chi connectivity index (χ0v) is 17.1. The van der Waals surface area contributed by atoms with Crippen molar-refractivity contribution in [2.24, 2.45) is 5.92 Å². The summed E-state index contributed by atoms with van der Waals surface area (Å²) in [4.78, 5) is 12.4. The Bertz CT molecular complexity index is 836. The molecule has 0 spiro atoms. The first-order valence-corrected chi connectivity index (χ1v) is 10.8. The van der Waals surface area contributed by atoms with Gasteiger partial charge in [-0.25, -0.2) is 4.79 Å². The van der Waals surface area contributed by atoms with E-state index in [0.29, 0.717) is 17.9 Å². The van der Waals surface area contributed by atoms with Gasteiger partial charge in [-0.3, -0.25) is 0 Å². The highest BCUT2D eigenvalue weighted by molar-refractivity contribution is 9.10. The average molecular weight is 425 g/mol. The van der Waals surface area contributed by atoms with E-state index in [-0.39, 0.29) is 12.1 Å². The molecule has 2 nitrogen and oxygen atoms in total. The molecule has 0 bridgehead atoms. The highest BCUT2D eigenvalue weighted by atomic mass is 79.9. The molecule has 0 aromatic heterocycles. The molecule has 0 saturated heterocycles. The third-order valence-corrected chi connectivity index (χ3v) is 6.29. The highest BCUT2D eigenvalue weighted by Gasteiger charge is 2.28. The van der Waals surface area contributed by atoms with Gasteiger partial charge in [0.1, 0.15) is 6.10 Å². The minimum atomic E-state index is -0.233. The second kappa shape index (κ2) is 8.43. The Morgan fingerprint density at radius 2 is 1.63 bits per heavy atom. The van der Waals surface area contributed by atoms with Crippen molar-refractivity contribution in [3.63, 3.8) is 0 Å². The minimum Gasteiger partial charge on any atom is -0.454 e. The van der Waals surface area contributed by atoms with E-state index in [9.17, 15) is 4.79 Å². The number of fused-ring (bicyclic) bond motifs is 1. The number of cyclic esters (lactones) is 1. The van der Waals surface area contributed by atoms with Crippen LogP contribution in [0.15, 0.2) is 70.3 Å². The van der Waals surface area contributed by atoms with Gasteiger partial charge in [-0.2, -0.15) is 0 Å². The number of esters is 1. The second-order valence-electron chi connectivity index (χ2n) is 7.64. The van der Waals surface area contributed by atoms with E-state index in [1.54, 1.807) is 0 Å². The summed E-state index contributed by atoms with van der Waals surface area (Å²) in [5, 5.41) is 0. The van der Waals surface area contributed by atoms with Gasteiger partial charge in [-0.15, -0.1) is 0 Å². The lowest BCUT2D eigenvalue weighted by molar-refractivity contribution is 0.0342. The number of carbonyl (C=O) groups is 1. The largest absolute Gasteiger partial charge is 0.454 e. The van der Waals surface area contributed by atoms with E-state index in [2.05, 4.69) is 52.4 Å². The number of hydrogen-bond acceptors (Lipinski definition) is 2. The maximum absolute atomic E-state index is 12.4. The summed E-state index contributed by atoms with van der Waals surface area (Å²) in [6, 6.07) is 5.75. The molecule has 1 fully saturated rings. The summed E-state index contributed by atoms with van der Waals surface area (Å²) in [7, 11) is 0. The van der Waals surface area contributed by atoms with Crippen LogP contribution in [0.4, 0.5) is 0 Å². The maximum atomic E-state index is 12.4. The molecule has 1 unspecified atom stereocenters. The summed E-state index contributed by atoms with van der Waals surface area (Å²) in [5.74, 6) is 0.448. The van der Waals surface area contributed by atoms with Gasteiger partial charge in [-0.05, 0) is 53.7 Å². The van der Waals surface area contributed by atoms with Crippen molar-refractivity contribution in [1.29, 1.82) is 0 Å². The van der Waals surface area contributed by atoms with Gasteiger partial charge in [0.2, 0.25) is 0 Å². The van der Waals surface area contributed by atoms with Crippen molar-refractivity contribution in [1.82, 2.24) is 0 Å². The van der Waals surface area contributed by atoms with Gasteiger partial charge in [0.05, 0.1) is 5.56 Å². The smallest absolute Gasteiger partial charge is 0.339 e. The van der Waals surface area contributed by atoms with Crippen molar-refractivity contribution in [3.8, 4) is 0 Å². The van der Waals surface area contributed by atoms with Gasteiger partial charge in [-0.1, -0.05) is 78.1 Å². The molecule has 1 aromatic rings. The van der Waals surface area contributed by atoms with Crippen LogP contribution in [0, 0.1) is 5.92 Å². The van der Waals surface area contributed by atoms with Crippen LogP contribution < -0.4 is 0 Å². The number of allylic oxidation sites excluding steroid dienone is 6. The monoisotopic (exact) mass is 424 g/mol. The van der Waals surface area contributed by atoms with Gasteiger partial charge in [0, 0.05) is 10.9 Å². The first-order valence-electron chi connectivity index (χ1n) is 9.96. The van der Waals surface area contributed by atoms with Crippen molar-refractivity contribution in [2.45, 2.75) is 51.0 Å². The molecular weight excluding hydrogens is 400 g/mol. The molecule has 27 heavy (non-hydrogen) atoms. The summed E-state index contributed by atoms with van der Waals surface area (Å²) in [6.07, 6.45) is 21.4. The first-order chi connectivity index (χ1) is 13.2. The molecule has 0 amide bonds. The van der Waals surface area contributed by atoms with Crippen LogP contribution in [-0.4, -0.2) is 12.1 Å². The van der Waals surface area contributed by atoms with Crippen LogP contribution in [-0.2, 0) is 11.2 Å². The Kier molecular flexibility index (Phi) is 5.77. The quantitative estimate of drug-likeness (QED) is 0.401. The van der Waals surface area contributed by atoms with Crippen molar-refractivity contribution in [2.75, 3.05) is 0 Å². The van der Waals surface area contributed by atoms with E-state index < -0.39 is 0 Å². The lowest BCUT2D eigenvalue weighted by Gasteiger charge is -2.26. The standard InChI is InChI=1S/C24H25BrO2/c25-21-13-14-22-20(15-21)16-23(27-24(22)26)19-11-5-9-18(10-6-12-19)17-7-3-1-2-4-8-17/h5-6,9-15,17,23H,1-4,7-8,16H2/b9-5-,10-6?,11-5?,12-6-,18-9?,18-10+,19-11+,19-12?. The van der Waals surface area contributed by atoms with Crippen molar-refractivity contribution >= 4 is 21.9 Å². The fourth-order valence-corrected chi connectivity index (χ4v) is 4.71. The Balaban J connectivity index is 1.51. The Morgan fingerprint density at radius 3 is 2.41 bits per heavy atom. The molecule has 3 heteroatoms. The average Bonchev–Trinajstić information content (AvgIpc) is 2.90. The SMILES string of the molecule is O=C1OC(C2=C/C=C\C(C3CCCCCC3)=C/C=C\2)Cc2cc(Br)ccc21. The first kappa shape index (κ1) is 18.5. The molecule has 0 radical (unpaired) electrons. The van der Waals surface area contributed by atoms with Crippen LogP contribution >= 0.6 is 15.9 Å². The number of rotatable bonds is 2. The number of benzene rings is 1. The van der Waals surface area contributed by atoms with Gasteiger partial charge < -0.3 is 4.74 Å². The topological polar surface area (TPSA) is 26.3 Å². The van der Waals surface area contributed by atoms with Gasteiger partial charge >= 0.3 is 5.97 Å². The molecule has 1 aromatic carbocycles. The maximum Gasteiger partial charge on any atom is 0.339 e. The van der Waals surface area contributed by atoms with Gasteiger partial charge in [0.25, 0.3) is 0 Å². The molecule has 0 N–H and O–H groups in total. The molecule has 1 saturated carbocycles. The number of ether oxygens (including phenoxy) is 1. The molecule has 1 atom stereocenters. The zero-order chi connectivity index (χ0) is 18.6. The van der Waals surface area contributed by atoms with Crippen LogP contribution in [0.5, 0.6) is 0 Å². The minimum absolute atomic E-state index is 0.229. The molecule has 140 valence electrons. The van der Waals surface area contributed by atoms with Crippen molar-refractivity contribution < 1.29 is 9.53 Å². The summed E-state index contributed by atoms with van der Waals surface area (Å²) in [6.45, 7) is 0. The van der Waals surface area contributed by atoms with Gasteiger partial charge in [0.15, 0.2) is 0 Å². The number of hydrogen-bond donors (Lipinski definition) is 0. The fourth-order valence-electron chi connectivity index (χ4n) is 4.30. The predicted molar refractivity (Wildman–Crippen MR) is 113 cm³/mol. The molecule has 3 aliphatic rings.